The van der Waals surface area contributed by atoms with Crippen molar-refractivity contribution in [3.63, 3.8) is 0 Å². The summed E-state index contributed by atoms with van der Waals surface area (Å²) in [5.74, 6) is 0. The Bertz CT molecular complexity index is 288. The summed E-state index contributed by atoms with van der Waals surface area (Å²) in [4.78, 5) is 9.60. The standard InChI is InChI=1S/C6H5NO4Se/c8-7(9)5-1-3-6(4-2-5)12(10)11/h1-4H,(H,10,11). The number of hydrogen-bond acceptors (Lipinski definition) is 3. The van der Waals surface area contributed by atoms with Gasteiger partial charge in [0.2, 0.25) is 0 Å². The predicted molar refractivity (Wildman–Crippen MR) is 41.4 cm³/mol. The molecule has 5 nitrogen and oxygen atoms in total. The fourth-order valence-electron chi connectivity index (χ4n) is 0.684. The Morgan fingerprint density at radius 2 is 1.83 bits per heavy atom. The molecule has 0 spiro atoms. The van der Waals surface area contributed by atoms with Crippen LogP contribution in [0.1, 0.15) is 0 Å². The molecular formula is C6H5NO4Se. The summed E-state index contributed by atoms with van der Waals surface area (Å²) in [5, 5.41) is 10.2. The van der Waals surface area contributed by atoms with Crippen LogP contribution in [0.2, 0.25) is 0 Å². The van der Waals surface area contributed by atoms with Gasteiger partial charge in [0.15, 0.2) is 0 Å². The first-order valence-electron chi connectivity index (χ1n) is 2.96. The molecule has 1 aromatic rings. The van der Waals surface area contributed by atoms with Crippen molar-refractivity contribution in [1.29, 1.82) is 0 Å². The zero-order valence-electron chi connectivity index (χ0n) is 5.84. The third-order valence-corrected chi connectivity index (χ3v) is 2.67. The van der Waals surface area contributed by atoms with Gasteiger partial charge in [-0.05, 0) is 0 Å². The van der Waals surface area contributed by atoms with Gasteiger partial charge < -0.3 is 0 Å². The van der Waals surface area contributed by atoms with E-state index in [2.05, 4.69) is 0 Å². The van der Waals surface area contributed by atoms with Crippen LogP contribution in [0.25, 0.3) is 0 Å². The van der Waals surface area contributed by atoms with Gasteiger partial charge in [-0.2, -0.15) is 0 Å². The molecule has 0 aromatic heterocycles. The molecule has 0 amide bonds. The van der Waals surface area contributed by atoms with Crippen LogP contribution in [0.3, 0.4) is 0 Å². The first-order valence-corrected chi connectivity index (χ1v) is 5.29. The molecule has 64 valence electrons. The summed E-state index contributed by atoms with van der Waals surface area (Å²) in [6, 6.07) is 4.99. The Labute approximate surface area is 72.2 Å². The van der Waals surface area contributed by atoms with Crippen molar-refractivity contribution in [1.82, 2.24) is 0 Å². The van der Waals surface area contributed by atoms with Gasteiger partial charge in [0.1, 0.15) is 0 Å². The van der Waals surface area contributed by atoms with Gasteiger partial charge in [-0.15, -0.1) is 0 Å². The monoisotopic (exact) mass is 235 g/mol. The molecule has 0 aliphatic heterocycles. The molecule has 0 heterocycles. The van der Waals surface area contributed by atoms with E-state index >= 15 is 0 Å². The van der Waals surface area contributed by atoms with Crippen LogP contribution in [0.4, 0.5) is 5.69 Å². The number of hydrogen-bond donors (Lipinski definition) is 1. The summed E-state index contributed by atoms with van der Waals surface area (Å²) in [5.41, 5.74) is -0.0778. The third-order valence-electron chi connectivity index (χ3n) is 1.25. The van der Waals surface area contributed by atoms with Crippen LogP contribution >= 0.6 is 0 Å². The Kier molecular flexibility index (Phi) is 2.65. The minimum absolute atomic E-state index is 0.0778. The van der Waals surface area contributed by atoms with Gasteiger partial charge in [-0.3, -0.25) is 0 Å². The first kappa shape index (κ1) is 8.99. The molecule has 1 rings (SSSR count). The fourth-order valence-corrected chi connectivity index (χ4v) is 1.46. The van der Waals surface area contributed by atoms with E-state index in [1.807, 2.05) is 0 Å². The van der Waals surface area contributed by atoms with Crippen molar-refractivity contribution >= 4 is 24.3 Å². The van der Waals surface area contributed by atoms with Gasteiger partial charge in [0.05, 0.1) is 0 Å². The molecule has 1 aromatic carbocycles. The van der Waals surface area contributed by atoms with Gasteiger partial charge in [0, 0.05) is 0 Å². The molecule has 0 fully saturated rings. The average Bonchev–Trinajstić information content (AvgIpc) is 2.04. The Balaban J connectivity index is 3.01. The number of nitro benzene ring substituents is 1. The van der Waals surface area contributed by atoms with Crippen LogP contribution in [0.15, 0.2) is 24.3 Å². The maximum absolute atomic E-state index is 10.5. The first-order chi connectivity index (χ1) is 5.61. The van der Waals surface area contributed by atoms with Crippen LogP contribution in [-0.2, 0) is 3.83 Å². The molecule has 12 heavy (non-hydrogen) atoms. The molecule has 1 N–H and O–H groups in total. The number of nitrogens with zero attached hydrogens (tertiary/aromatic N) is 1. The number of nitro groups is 1. The fraction of sp³-hybridized carbons (Fsp3) is 0. The number of rotatable bonds is 2. The van der Waals surface area contributed by atoms with E-state index in [4.69, 9.17) is 4.19 Å². The van der Waals surface area contributed by atoms with Crippen LogP contribution < -0.4 is 4.46 Å². The van der Waals surface area contributed by atoms with E-state index in [0.717, 1.165) is 0 Å². The van der Waals surface area contributed by atoms with E-state index in [-0.39, 0.29) is 10.1 Å². The van der Waals surface area contributed by atoms with Gasteiger partial charge in [0.25, 0.3) is 0 Å². The predicted octanol–water partition coefficient (Wildman–Crippen LogP) is -0.287. The van der Waals surface area contributed by atoms with E-state index in [0.29, 0.717) is 0 Å². The van der Waals surface area contributed by atoms with Crippen molar-refractivity contribution in [3.05, 3.63) is 34.4 Å². The molecule has 0 saturated heterocycles. The van der Waals surface area contributed by atoms with Crippen molar-refractivity contribution in [2.24, 2.45) is 0 Å². The second-order valence-electron chi connectivity index (χ2n) is 2.00. The number of benzene rings is 1. The minimum atomic E-state index is -2.93. The van der Waals surface area contributed by atoms with Gasteiger partial charge in [-0.1, -0.05) is 0 Å². The topological polar surface area (TPSA) is 80.4 Å². The summed E-state index contributed by atoms with van der Waals surface area (Å²) in [6.07, 6.45) is 0. The van der Waals surface area contributed by atoms with Crippen molar-refractivity contribution in [2.45, 2.75) is 0 Å². The van der Waals surface area contributed by atoms with Crippen LogP contribution in [-0.4, -0.2) is 23.3 Å². The van der Waals surface area contributed by atoms with Crippen LogP contribution in [0.5, 0.6) is 0 Å². The van der Waals surface area contributed by atoms with E-state index in [9.17, 15) is 13.9 Å². The SMILES string of the molecule is O=[N+]([O-])c1ccc([Se](=O)O)cc1. The normalized spacial score (nSPS) is 12.4. The van der Waals surface area contributed by atoms with E-state index in [1.54, 1.807) is 0 Å². The molecule has 1 atom stereocenters. The summed E-state index contributed by atoms with van der Waals surface area (Å²) in [7, 11) is 0. The molecule has 0 bridgehead atoms. The summed E-state index contributed by atoms with van der Waals surface area (Å²) >= 11 is -2.93. The number of non-ortho nitro benzene ring substituents is 1. The third kappa shape index (κ3) is 1.94. The molecule has 0 radical (unpaired) electrons. The maximum atomic E-state index is 10.5. The molecule has 0 saturated carbocycles. The van der Waals surface area contributed by atoms with Gasteiger partial charge >= 0.3 is 71.6 Å². The van der Waals surface area contributed by atoms with Crippen molar-refractivity contribution < 1.29 is 12.9 Å². The Morgan fingerprint density at radius 1 is 1.33 bits per heavy atom. The zero-order chi connectivity index (χ0) is 9.14. The summed E-state index contributed by atoms with van der Waals surface area (Å²) < 4.78 is 19.4. The Hall–Kier alpha value is -1.10. The van der Waals surface area contributed by atoms with Crippen molar-refractivity contribution in [3.8, 4) is 0 Å². The average molecular weight is 234 g/mol. The van der Waals surface area contributed by atoms with Crippen LogP contribution in [0, 0.1) is 10.1 Å². The molecule has 0 aliphatic carbocycles. The van der Waals surface area contributed by atoms with E-state index < -0.39 is 19.1 Å². The second kappa shape index (κ2) is 3.53. The van der Waals surface area contributed by atoms with Crippen molar-refractivity contribution in [2.75, 3.05) is 0 Å². The quantitative estimate of drug-likeness (QED) is 0.433. The van der Waals surface area contributed by atoms with E-state index in [1.165, 1.54) is 24.3 Å². The molecule has 0 aliphatic rings. The van der Waals surface area contributed by atoms with Gasteiger partial charge in [-0.25, -0.2) is 0 Å². The molecular weight excluding hydrogens is 229 g/mol. The zero-order valence-corrected chi connectivity index (χ0v) is 7.55. The molecule has 1 unspecified atom stereocenters. The second-order valence-corrected chi connectivity index (χ2v) is 4.03. The Morgan fingerprint density at radius 3 is 2.17 bits per heavy atom. The summed E-state index contributed by atoms with van der Waals surface area (Å²) in [6.45, 7) is 0. The molecule has 6 heteroatoms.